The van der Waals surface area contributed by atoms with E-state index >= 15 is 0 Å². The Bertz CT molecular complexity index is 523. The van der Waals surface area contributed by atoms with Gasteiger partial charge >= 0.3 is 0 Å². The van der Waals surface area contributed by atoms with Crippen LogP contribution in [0.1, 0.15) is 11.3 Å². The van der Waals surface area contributed by atoms with Gasteiger partial charge in [0.1, 0.15) is 10.5 Å². The molecule has 0 aliphatic rings. The molecule has 1 aromatic heterocycles. The number of aryl methyl sites for hydroxylation is 1. The lowest BCUT2D eigenvalue weighted by Crippen LogP contribution is -1.77. The van der Waals surface area contributed by atoms with Gasteiger partial charge in [0.25, 0.3) is 0 Å². The number of nitrogens with zero attached hydrogens (tertiary/aromatic N) is 2. The number of aromatic nitrogens is 1. The minimum atomic E-state index is 0.269. The molecular formula is C11H7BrN2O. The zero-order valence-electron chi connectivity index (χ0n) is 7.99. The molecule has 0 atom stereocenters. The van der Waals surface area contributed by atoms with Gasteiger partial charge in [-0.05, 0) is 22.9 Å². The molecule has 3 nitrogen and oxygen atoms in total. The predicted octanol–water partition coefficient (Wildman–Crippen LogP) is 3.28. The Morgan fingerprint density at radius 2 is 2.00 bits per heavy atom. The molecule has 0 fully saturated rings. The molecule has 0 saturated heterocycles. The van der Waals surface area contributed by atoms with Crippen molar-refractivity contribution in [3.8, 4) is 17.4 Å². The lowest BCUT2D eigenvalue weighted by atomic mass is 10.1. The summed E-state index contributed by atoms with van der Waals surface area (Å²) in [5.74, 6) is 0.589. The van der Waals surface area contributed by atoms with Crippen molar-refractivity contribution in [2.24, 2.45) is 0 Å². The summed E-state index contributed by atoms with van der Waals surface area (Å²) in [6.45, 7) is 2.01. The molecule has 0 N–H and O–H groups in total. The Kier molecular flexibility index (Phi) is 2.57. The fourth-order valence-electron chi connectivity index (χ4n) is 1.23. The molecular weight excluding hydrogens is 256 g/mol. The first-order valence-electron chi connectivity index (χ1n) is 4.34. The molecule has 2 rings (SSSR count). The maximum Gasteiger partial charge on any atom is 0.198 e. The van der Waals surface area contributed by atoms with E-state index in [9.17, 15) is 0 Å². The first kappa shape index (κ1) is 9.94. The molecule has 15 heavy (non-hydrogen) atoms. The van der Waals surface area contributed by atoms with Crippen molar-refractivity contribution in [2.75, 3.05) is 0 Å². The van der Waals surface area contributed by atoms with Crippen LogP contribution in [-0.4, -0.2) is 5.16 Å². The van der Waals surface area contributed by atoms with Crippen molar-refractivity contribution >= 4 is 15.9 Å². The molecule has 1 heterocycles. The van der Waals surface area contributed by atoms with E-state index in [2.05, 4.69) is 21.1 Å². The van der Waals surface area contributed by atoms with E-state index in [0.717, 1.165) is 5.56 Å². The monoisotopic (exact) mass is 262 g/mol. The minimum Gasteiger partial charge on any atom is -0.354 e. The smallest absolute Gasteiger partial charge is 0.198 e. The summed E-state index contributed by atoms with van der Waals surface area (Å²) in [4.78, 5) is 0. The Labute approximate surface area is 95.4 Å². The molecule has 2 aromatic rings. The Balaban J connectivity index is 2.51. The summed E-state index contributed by atoms with van der Waals surface area (Å²) in [7, 11) is 0. The second kappa shape index (κ2) is 3.87. The number of benzene rings is 1. The van der Waals surface area contributed by atoms with Crippen LogP contribution in [0.25, 0.3) is 11.3 Å². The normalized spacial score (nSPS) is 9.93. The van der Waals surface area contributed by atoms with Crippen molar-refractivity contribution in [1.29, 1.82) is 5.26 Å². The van der Waals surface area contributed by atoms with Crippen LogP contribution in [0.2, 0.25) is 0 Å². The van der Waals surface area contributed by atoms with Crippen molar-refractivity contribution < 1.29 is 4.52 Å². The lowest BCUT2D eigenvalue weighted by Gasteiger charge is -1.96. The highest BCUT2D eigenvalue weighted by Gasteiger charge is 2.14. The van der Waals surface area contributed by atoms with E-state index < -0.39 is 0 Å². The molecule has 0 aliphatic carbocycles. The average Bonchev–Trinajstić information content (AvgIpc) is 2.61. The van der Waals surface area contributed by atoms with Gasteiger partial charge in [0.2, 0.25) is 0 Å². The van der Waals surface area contributed by atoms with E-state index in [4.69, 9.17) is 9.78 Å². The van der Waals surface area contributed by atoms with Crippen molar-refractivity contribution in [2.45, 2.75) is 6.92 Å². The molecule has 74 valence electrons. The molecule has 4 heteroatoms. The molecule has 0 radical (unpaired) electrons. The van der Waals surface area contributed by atoms with Gasteiger partial charge in [-0.3, -0.25) is 0 Å². The van der Waals surface area contributed by atoms with Crippen LogP contribution in [0.3, 0.4) is 0 Å². The highest BCUT2D eigenvalue weighted by atomic mass is 79.9. The topological polar surface area (TPSA) is 49.8 Å². The minimum absolute atomic E-state index is 0.269. The van der Waals surface area contributed by atoms with Crippen LogP contribution in [-0.2, 0) is 0 Å². The van der Waals surface area contributed by atoms with Crippen LogP contribution in [0, 0.1) is 18.3 Å². The summed E-state index contributed by atoms with van der Waals surface area (Å²) < 4.78 is 5.70. The Morgan fingerprint density at radius 1 is 1.33 bits per heavy atom. The van der Waals surface area contributed by atoms with Crippen molar-refractivity contribution in [3.05, 3.63) is 40.0 Å². The number of hydrogen-bond donors (Lipinski definition) is 0. The first-order valence-corrected chi connectivity index (χ1v) is 5.14. The maximum absolute atomic E-state index is 8.72. The van der Waals surface area contributed by atoms with Crippen LogP contribution < -0.4 is 0 Å². The Hall–Kier alpha value is -1.60. The summed E-state index contributed by atoms with van der Waals surface area (Å²) in [5, 5.41) is 12.4. The molecule has 0 unspecified atom stereocenters. The number of rotatable bonds is 1. The molecule has 0 bridgehead atoms. The molecule has 0 saturated carbocycles. The standard InChI is InChI=1S/C11H7BrN2O/c1-7-2-4-8(5-3-7)11-10(12)9(6-13)14-15-11/h2-5H,1H3. The average molecular weight is 263 g/mol. The van der Waals surface area contributed by atoms with Gasteiger partial charge in [-0.1, -0.05) is 35.0 Å². The summed E-state index contributed by atoms with van der Waals surface area (Å²) >= 11 is 3.29. The largest absolute Gasteiger partial charge is 0.354 e. The van der Waals surface area contributed by atoms with Crippen molar-refractivity contribution in [1.82, 2.24) is 5.16 Å². The van der Waals surface area contributed by atoms with E-state index in [0.29, 0.717) is 10.2 Å². The van der Waals surface area contributed by atoms with Crippen LogP contribution in [0.15, 0.2) is 33.3 Å². The fourth-order valence-corrected chi connectivity index (χ4v) is 1.70. The highest BCUT2D eigenvalue weighted by Crippen LogP contribution is 2.30. The molecule has 1 aromatic carbocycles. The third-order valence-electron chi connectivity index (χ3n) is 2.06. The van der Waals surface area contributed by atoms with E-state index in [-0.39, 0.29) is 5.69 Å². The maximum atomic E-state index is 8.72. The van der Waals surface area contributed by atoms with Gasteiger partial charge in [0, 0.05) is 5.56 Å². The van der Waals surface area contributed by atoms with Gasteiger partial charge in [0.15, 0.2) is 11.5 Å². The SMILES string of the molecule is Cc1ccc(-c2onc(C#N)c2Br)cc1. The van der Waals surface area contributed by atoms with Gasteiger partial charge in [-0.25, -0.2) is 0 Å². The van der Waals surface area contributed by atoms with E-state index in [1.807, 2.05) is 37.3 Å². The van der Waals surface area contributed by atoms with Gasteiger partial charge < -0.3 is 4.52 Å². The second-order valence-electron chi connectivity index (χ2n) is 3.15. The first-order chi connectivity index (χ1) is 7.22. The van der Waals surface area contributed by atoms with Gasteiger partial charge in [0.05, 0.1) is 0 Å². The number of nitriles is 1. The lowest BCUT2D eigenvalue weighted by molar-refractivity contribution is 0.430. The zero-order chi connectivity index (χ0) is 10.8. The summed E-state index contributed by atoms with van der Waals surface area (Å²) in [6.07, 6.45) is 0. The summed E-state index contributed by atoms with van der Waals surface area (Å²) in [5.41, 5.74) is 2.35. The predicted molar refractivity (Wildman–Crippen MR) is 59.1 cm³/mol. The van der Waals surface area contributed by atoms with E-state index in [1.54, 1.807) is 0 Å². The quantitative estimate of drug-likeness (QED) is 0.793. The molecule has 0 amide bonds. The fraction of sp³-hybridized carbons (Fsp3) is 0.0909. The zero-order valence-corrected chi connectivity index (χ0v) is 9.58. The second-order valence-corrected chi connectivity index (χ2v) is 3.95. The molecule has 0 aliphatic heterocycles. The third-order valence-corrected chi connectivity index (χ3v) is 2.79. The highest BCUT2D eigenvalue weighted by molar-refractivity contribution is 9.10. The summed E-state index contributed by atoms with van der Waals surface area (Å²) in [6, 6.07) is 9.77. The van der Waals surface area contributed by atoms with Crippen LogP contribution in [0.4, 0.5) is 0 Å². The van der Waals surface area contributed by atoms with Crippen molar-refractivity contribution in [3.63, 3.8) is 0 Å². The van der Waals surface area contributed by atoms with Gasteiger partial charge in [-0.2, -0.15) is 5.26 Å². The third kappa shape index (κ3) is 1.79. The molecule has 0 spiro atoms. The van der Waals surface area contributed by atoms with Crippen LogP contribution >= 0.6 is 15.9 Å². The van der Waals surface area contributed by atoms with Gasteiger partial charge in [-0.15, -0.1) is 0 Å². The van der Waals surface area contributed by atoms with Crippen LogP contribution in [0.5, 0.6) is 0 Å². The number of hydrogen-bond acceptors (Lipinski definition) is 3. The number of halogens is 1. The Morgan fingerprint density at radius 3 is 2.53 bits per heavy atom. The van der Waals surface area contributed by atoms with E-state index in [1.165, 1.54) is 5.56 Å².